The molecule has 0 fully saturated rings. The molecule has 126 valence electrons. The Bertz CT molecular complexity index is 651. The maximum Gasteiger partial charge on any atom is 0.243 e. The maximum absolute atomic E-state index is 11.7. The van der Waals surface area contributed by atoms with Crippen LogP contribution in [-0.2, 0) is 4.79 Å². The predicted octanol–water partition coefficient (Wildman–Crippen LogP) is 3.49. The number of benzene rings is 1. The number of pyridine rings is 1. The van der Waals surface area contributed by atoms with Crippen LogP contribution in [0.2, 0.25) is 0 Å². The molecule has 2 N–H and O–H groups in total. The lowest BCUT2D eigenvalue weighted by Crippen LogP contribution is -2.25. The summed E-state index contributed by atoms with van der Waals surface area (Å²) in [4.78, 5) is 15.9. The summed E-state index contributed by atoms with van der Waals surface area (Å²) in [6.45, 7) is 4.25. The van der Waals surface area contributed by atoms with Crippen LogP contribution in [0.5, 0.6) is 11.6 Å². The first-order chi connectivity index (χ1) is 10.1. The second-order valence-corrected chi connectivity index (χ2v) is 4.73. The van der Waals surface area contributed by atoms with Crippen molar-refractivity contribution in [3.63, 3.8) is 0 Å². The number of likely N-dealkylation sites (N-methyl/N-ethyl adjacent to an activating group) is 1. The van der Waals surface area contributed by atoms with Crippen LogP contribution >= 0.6 is 24.8 Å². The van der Waals surface area contributed by atoms with E-state index in [-0.39, 0.29) is 37.3 Å². The Balaban J connectivity index is 0.00000242. The lowest BCUT2D eigenvalue weighted by atomic mass is 10.1. The summed E-state index contributed by atoms with van der Waals surface area (Å²) in [5.74, 6) is 0.977. The van der Waals surface area contributed by atoms with Gasteiger partial charge in [0.05, 0.1) is 6.54 Å². The van der Waals surface area contributed by atoms with Crippen LogP contribution in [0.3, 0.4) is 0 Å². The highest BCUT2D eigenvalue weighted by atomic mass is 35.5. The first-order valence-electron chi connectivity index (χ1n) is 6.75. The van der Waals surface area contributed by atoms with E-state index in [1.165, 1.54) is 0 Å². The predicted molar refractivity (Wildman–Crippen MR) is 97.3 cm³/mol. The highest BCUT2D eigenvalue weighted by Gasteiger charge is 2.11. The number of carbonyl (C=O) groups excluding carboxylic acids is 1. The van der Waals surface area contributed by atoms with Crippen LogP contribution in [0, 0.1) is 13.8 Å². The number of hydrogen-bond acceptors (Lipinski definition) is 4. The van der Waals surface area contributed by atoms with Gasteiger partial charge in [-0.15, -0.1) is 24.8 Å². The molecule has 0 radical (unpaired) electrons. The van der Waals surface area contributed by atoms with E-state index >= 15 is 0 Å². The fourth-order valence-electron chi connectivity index (χ4n) is 1.86. The van der Waals surface area contributed by atoms with Crippen molar-refractivity contribution in [2.45, 2.75) is 13.8 Å². The van der Waals surface area contributed by atoms with Gasteiger partial charge in [0.15, 0.2) is 0 Å². The number of carbonyl (C=O) groups is 1. The van der Waals surface area contributed by atoms with E-state index < -0.39 is 0 Å². The molecule has 1 aromatic carbocycles. The molecule has 0 aliphatic carbocycles. The first kappa shape index (κ1) is 21.2. The number of hydrogen-bond donors (Lipinski definition) is 2. The van der Waals surface area contributed by atoms with Gasteiger partial charge in [0.25, 0.3) is 0 Å². The van der Waals surface area contributed by atoms with E-state index in [1.807, 2.05) is 32.0 Å². The number of ether oxygens (including phenoxy) is 1. The quantitative estimate of drug-likeness (QED) is 0.859. The van der Waals surface area contributed by atoms with Crippen LogP contribution in [0.1, 0.15) is 11.1 Å². The van der Waals surface area contributed by atoms with Crippen LogP contribution in [0.4, 0.5) is 5.69 Å². The Morgan fingerprint density at radius 3 is 2.61 bits per heavy atom. The highest BCUT2D eigenvalue weighted by Crippen LogP contribution is 2.30. The van der Waals surface area contributed by atoms with Crippen LogP contribution in [-0.4, -0.2) is 24.5 Å². The molecule has 0 unspecified atom stereocenters. The van der Waals surface area contributed by atoms with Gasteiger partial charge in [-0.25, -0.2) is 4.98 Å². The smallest absolute Gasteiger partial charge is 0.243 e. The third kappa shape index (κ3) is 5.71. The molecular formula is C16H21Cl2N3O2. The third-order valence-corrected chi connectivity index (χ3v) is 3.14. The van der Waals surface area contributed by atoms with Crippen LogP contribution in [0.15, 0.2) is 36.5 Å². The van der Waals surface area contributed by atoms with Crippen molar-refractivity contribution in [1.82, 2.24) is 10.3 Å². The SMILES string of the molecule is CNCC(=O)Nc1cccnc1Oc1cccc(C)c1C.Cl.Cl. The van der Waals surface area contributed by atoms with Gasteiger partial charge in [0.2, 0.25) is 11.8 Å². The molecule has 2 aromatic rings. The molecule has 0 bridgehead atoms. The highest BCUT2D eigenvalue weighted by molar-refractivity contribution is 5.93. The largest absolute Gasteiger partial charge is 0.437 e. The third-order valence-electron chi connectivity index (χ3n) is 3.14. The number of nitrogens with zero attached hydrogens (tertiary/aromatic N) is 1. The molecule has 1 aromatic heterocycles. The van der Waals surface area contributed by atoms with E-state index in [1.54, 1.807) is 25.4 Å². The van der Waals surface area contributed by atoms with E-state index in [4.69, 9.17) is 4.74 Å². The lowest BCUT2D eigenvalue weighted by molar-refractivity contribution is -0.115. The Labute approximate surface area is 148 Å². The van der Waals surface area contributed by atoms with Crippen molar-refractivity contribution in [2.75, 3.05) is 18.9 Å². The van der Waals surface area contributed by atoms with Gasteiger partial charge in [-0.3, -0.25) is 4.79 Å². The Kier molecular flexibility index (Phi) is 9.25. The van der Waals surface area contributed by atoms with E-state index in [0.29, 0.717) is 11.6 Å². The minimum Gasteiger partial charge on any atom is -0.437 e. The number of nitrogens with one attached hydrogen (secondary N) is 2. The van der Waals surface area contributed by atoms with Gasteiger partial charge in [-0.1, -0.05) is 12.1 Å². The monoisotopic (exact) mass is 357 g/mol. The summed E-state index contributed by atoms with van der Waals surface area (Å²) in [6, 6.07) is 9.36. The number of anilines is 1. The van der Waals surface area contributed by atoms with Gasteiger partial charge in [-0.05, 0) is 50.2 Å². The number of aromatic nitrogens is 1. The molecule has 5 nitrogen and oxygen atoms in total. The summed E-state index contributed by atoms with van der Waals surface area (Å²) in [6.07, 6.45) is 1.63. The maximum atomic E-state index is 11.7. The Hall–Kier alpha value is -1.82. The summed E-state index contributed by atoms with van der Waals surface area (Å²) in [5, 5.41) is 5.58. The zero-order valence-electron chi connectivity index (χ0n) is 13.3. The molecular weight excluding hydrogens is 337 g/mol. The molecule has 0 aliphatic rings. The van der Waals surface area contributed by atoms with Crippen molar-refractivity contribution in [3.05, 3.63) is 47.7 Å². The van der Waals surface area contributed by atoms with Gasteiger partial charge in [0, 0.05) is 6.20 Å². The molecule has 0 atom stereocenters. The Morgan fingerprint density at radius 2 is 1.91 bits per heavy atom. The van der Waals surface area contributed by atoms with Crippen molar-refractivity contribution >= 4 is 36.4 Å². The molecule has 1 heterocycles. The van der Waals surface area contributed by atoms with Crippen molar-refractivity contribution in [2.24, 2.45) is 0 Å². The molecule has 2 rings (SSSR count). The topological polar surface area (TPSA) is 63.2 Å². The summed E-state index contributed by atoms with van der Waals surface area (Å²) >= 11 is 0. The molecule has 1 amide bonds. The van der Waals surface area contributed by atoms with Crippen molar-refractivity contribution < 1.29 is 9.53 Å². The average molecular weight is 358 g/mol. The molecule has 7 heteroatoms. The van der Waals surface area contributed by atoms with E-state index in [9.17, 15) is 4.79 Å². The van der Waals surface area contributed by atoms with Gasteiger partial charge in [-0.2, -0.15) is 0 Å². The summed E-state index contributed by atoms with van der Waals surface area (Å²) in [7, 11) is 1.72. The fourth-order valence-corrected chi connectivity index (χ4v) is 1.86. The Morgan fingerprint density at radius 1 is 1.17 bits per heavy atom. The second-order valence-electron chi connectivity index (χ2n) is 4.73. The van der Waals surface area contributed by atoms with Gasteiger partial charge >= 0.3 is 0 Å². The normalized spacial score (nSPS) is 9.35. The summed E-state index contributed by atoms with van der Waals surface area (Å²) in [5.41, 5.74) is 2.75. The number of halogens is 2. The fraction of sp³-hybridized carbons (Fsp3) is 0.250. The minimum absolute atomic E-state index is 0. The van der Waals surface area contributed by atoms with Gasteiger partial charge < -0.3 is 15.4 Å². The standard InChI is InChI=1S/C16H19N3O2.2ClH/c1-11-6-4-8-14(12(11)2)21-16-13(7-5-9-18-16)19-15(20)10-17-3;;/h4-9,17H,10H2,1-3H3,(H,19,20);2*1H. The molecule has 0 spiro atoms. The minimum atomic E-state index is -0.142. The van der Waals surface area contributed by atoms with Crippen LogP contribution in [0.25, 0.3) is 0 Å². The number of rotatable bonds is 5. The molecule has 0 aliphatic heterocycles. The summed E-state index contributed by atoms with van der Waals surface area (Å²) < 4.78 is 5.85. The molecule has 0 saturated heterocycles. The number of aryl methyl sites for hydroxylation is 1. The first-order valence-corrected chi connectivity index (χ1v) is 6.75. The second kappa shape index (κ2) is 10.0. The van der Waals surface area contributed by atoms with Crippen LogP contribution < -0.4 is 15.4 Å². The average Bonchev–Trinajstić information content (AvgIpc) is 2.46. The van der Waals surface area contributed by atoms with E-state index in [0.717, 1.165) is 16.9 Å². The van der Waals surface area contributed by atoms with Crippen molar-refractivity contribution in [3.8, 4) is 11.6 Å². The lowest BCUT2D eigenvalue weighted by Gasteiger charge is -2.13. The number of amides is 1. The zero-order valence-corrected chi connectivity index (χ0v) is 14.9. The van der Waals surface area contributed by atoms with Gasteiger partial charge in [0.1, 0.15) is 11.4 Å². The molecule has 23 heavy (non-hydrogen) atoms. The molecule has 0 saturated carbocycles. The van der Waals surface area contributed by atoms with E-state index in [2.05, 4.69) is 15.6 Å². The zero-order chi connectivity index (χ0) is 15.2. The van der Waals surface area contributed by atoms with Crippen molar-refractivity contribution in [1.29, 1.82) is 0 Å².